The molecule has 0 saturated carbocycles. The first kappa shape index (κ1) is 16.2. The van der Waals surface area contributed by atoms with Crippen molar-refractivity contribution >= 4 is 27.9 Å². The minimum atomic E-state index is -0.260. The molecule has 132 valence electrons. The number of fused-ring (bicyclic) bond motifs is 2. The maximum Gasteiger partial charge on any atom is 0.287 e. The number of nitrogens with one attached hydrogen (secondary N) is 1. The first-order valence-corrected chi connectivity index (χ1v) is 8.34. The molecule has 0 radical (unpaired) electrons. The molecule has 0 spiro atoms. The van der Waals surface area contributed by atoms with Crippen LogP contribution in [0.5, 0.6) is 5.75 Å². The molecule has 0 unspecified atom stereocenters. The summed E-state index contributed by atoms with van der Waals surface area (Å²) in [7, 11) is 3.55. The van der Waals surface area contributed by atoms with E-state index < -0.39 is 0 Å². The van der Waals surface area contributed by atoms with Gasteiger partial charge in [-0.1, -0.05) is 12.1 Å². The number of furan rings is 1. The van der Waals surface area contributed by atoms with Gasteiger partial charge in [0, 0.05) is 18.0 Å². The molecule has 0 aliphatic heterocycles. The molecular weight excluding hydrogens is 330 g/mol. The number of carbonyl (C=O) groups excluding carboxylic acids is 1. The molecule has 6 nitrogen and oxygen atoms in total. The van der Waals surface area contributed by atoms with E-state index in [0.717, 1.165) is 33.6 Å². The van der Waals surface area contributed by atoms with Crippen molar-refractivity contribution < 1.29 is 13.9 Å². The van der Waals surface area contributed by atoms with Gasteiger partial charge in [0.15, 0.2) is 5.76 Å². The fourth-order valence-electron chi connectivity index (χ4n) is 3.14. The fourth-order valence-corrected chi connectivity index (χ4v) is 3.14. The van der Waals surface area contributed by atoms with Crippen LogP contribution in [0, 0.1) is 6.92 Å². The van der Waals surface area contributed by atoms with Gasteiger partial charge in [-0.15, -0.1) is 0 Å². The Morgan fingerprint density at radius 2 is 2.08 bits per heavy atom. The fraction of sp³-hybridized carbons (Fsp3) is 0.200. The highest BCUT2D eigenvalue weighted by molar-refractivity contribution is 5.99. The number of para-hydroxylation sites is 2. The molecule has 0 aliphatic rings. The Bertz CT molecular complexity index is 1120. The van der Waals surface area contributed by atoms with Crippen molar-refractivity contribution in [3.8, 4) is 5.75 Å². The summed E-state index contributed by atoms with van der Waals surface area (Å²) < 4.78 is 13.0. The number of imidazole rings is 1. The summed E-state index contributed by atoms with van der Waals surface area (Å²) in [4.78, 5) is 17.2. The Kier molecular flexibility index (Phi) is 3.88. The molecule has 0 fully saturated rings. The van der Waals surface area contributed by atoms with Crippen LogP contribution in [0.25, 0.3) is 22.0 Å². The number of carbonyl (C=O) groups is 1. The average Bonchev–Trinajstić information content (AvgIpc) is 3.17. The van der Waals surface area contributed by atoms with Gasteiger partial charge in [0.25, 0.3) is 5.91 Å². The Morgan fingerprint density at radius 1 is 1.27 bits per heavy atom. The van der Waals surface area contributed by atoms with Crippen LogP contribution >= 0.6 is 0 Å². The number of aryl methyl sites for hydroxylation is 2. The van der Waals surface area contributed by atoms with Crippen molar-refractivity contribution in [2.45, 2.75) is 13.5 Å². The summed E-state index contributed by atoms with van der Waals surface area (Å²) in [6.45, 7) is 2.19. The highest BCUT2D eigenvalue weighted by Crippen LogP contribution is 2.28. The van der Waals surface area contributed by atoms with Crippen molar-refractivity contribution in [2.75, 3.05) is 7.11 Å². The van der Waals surface area contributed by atoms with Crippen LogP contribution in [0.3, 0.4) is 0 Å². The maximum atomic E-state index is 12.6. The molecule has 2 aromatic heterocycles. The third-order valence-corrected chi connectivity index (χ3v) is 4.64. The van der Waals surface area contributed by atoms with Crippen molar-refractivity contribution in [2.24, 2.45) is 7.05 Å². The third kappa shape index (κ3) is 2.60. The minimum absolute atomic E-state index is 0.260. The largest absolute Gasteiger partial charge is 0.497 e. The first-order chi connectivity index (χ1) is 12.6. The van der Waals surface area contributed by atoms with E-state index in [2.05, 4.69) is 10.3 Å². The van der Waals surface area contributed by atoms with Gasteiger partial charge in [0.1, 0.15) is 17.2 Å². The van der Waals surface area contributed by atoms with E-state index in [1.165, 1.54) is 0 Å². The van der Waals surface area contributed by atoms with Gasteiger partial charge in [-0.3, -0.25) is 4.79 Å². The number of ether oxygens (including phenoxy) is 1. The van der Waals surface area contributed by atoms with E-state index in [4.69, 9.17) is 9.15 Å². The molecule has 1 amide bonds. The van der Waals surface area contributed by atoms with Crippen LogP contribution in [0.1, 0.15) is 21.9 Å². The lowest BCUT2D eigenvalue weighted by Crippen LogP contribution is -2.24. The highest BCUT2D eigenvalue weighted by Gasteiger charge is 2.18. The van der Waals surface area contributed by atoms with Gasteiger partial charge in [-0.25, -0.2) is 4.98 Å². The zero-order valence-corrected chi connectivity index (χ0v) is 14.9. The van der Waals surface area contributed by atoms with Crippen molar-refractivity contribution in [1.82, 2.24) is 14.9 Å². The second kappa shape index (κ2) is 6.22. The lowest BCUT2D eigenvalue weighted by molar-refractivity contribution is 0.0923. The molecule has 2 heterocycles. The Hall–Kier alpha value is -3.28. The molecule has 26 heavy (non-hydrogen) atoms. The van der Waals surface area contributed by atoms with E-state index >= 15 is 0 Å². The number of methoxy groups -OCH3 is 1. The summed E-state index contributed by atoms with van der Waals surface area (Å²) >= 11 is 0. The zero-order valence-electron chi connectivity index (χ0n) is 14.9. The molecule has 0 atom stereocenters. The number of rotatable bonds is 4. The van der Waals surface area contributed by atoms with Gasteiger partial charge in [-0.05, 0) is 37.3 Å². The SMILES string of the molecule is COc1ccc2oc(C(=O)NCc3nc4ccccc4n3C)c(C)c2c1. The van der Waals surface area contributed by atoms with E-state index in [9.17, 15) is 4.79 Å². The quantitative estimate of drug-likeness (QED) is 0.611. The predicted octanol–water partition coefficient (Wildman–Crippen LogP) is 3.57. The van der Waals surface area contributed by atoms with E-state index in [-0.39, 0.29) is 5.91 Å². The minimum Gasteiger partial charge on any atom is -0.497 e. The maximum absolute atomic E-state index is 12.6. The summed E-state index contributed by atoms with van der Waals surface area (Å²) in [5, 5.41) is 3.77. The number of nitrogens with zero attached hydrogens (tertiary/aromatic N) is 2. The lowest BCUT2D eigenvalue weighted by atomic mass is 10.1. The zero-order chi connectivity index (χ0) is 18.3. The number of hydrogen-bond donors (Lipinski definition) is 1. The number of benzene rings is 2. The summed E-state index contributed by atoms with van der Waals surface area (Å²) in [6.07, 6.45) is 0. The van der Waals surface area contributed by atoms with Gasteiger partial charge < -0.3 is 19.0 Å². The van der Waals surface area contributed by atoms with Crippen molar-refractivity contribution in [1.29, 1.82) is 0 Å². The number of amides is 1. The summed E-state index contributed by atoms with van der Waals surface area (Å²) in [5.41, 5.74) is 3.40. The molecule has 1 N–H and O–H groups in total. The topological polar surface area (TPSA) is 69.3 Å². The van der Waals surface area contributed by atoms with Crippen LogP contribution in [-0.2, 0) is 13.6 Å². The number of aromatic nitrogens is 2. The van der Waals surface area contributed by atoms with Crippen LogP contribution in [0.15, 0.2) is 46.9 Å². The summed E-state index contributed by atoms with van der Waals surface area (Å²) in [6, 6.07) is 13.4. The molecule has 0 saturated heterocycles. The molecular formula is C20H19N3O3. The standard InChI is InChI=1S/C20H19N3O3/c1-12-14-10-13(25-3)8-9-17(14)26-19(12)20(24)21-11-18-22-15-6-4-5-7-16(15)23(18)2/h4-10H,11H2,1-3H3,(H,21,24). The third-order valence-electron chi connectivity index (χ3n) is 4.64. The van der Waals surface area contributed by atoms with E-state index in [1.54, 1.807) is 7.11 Å². The average molecular weight is 349 g/mol. The molecule has 2 aromatic carbocycles. The second-order valence-electron chi connectivity index (χ2n) is 6.18. The summed E-state index contributed by atoms with van der Waals surface area (Å²) in [5.74, 6) is 1.57. The molecule has 6 heteroatoms. The normalized spacial score (nSPS) is 11.2. The smallest absolute Gasteiger partial charge is 0.287 e. The lowest BCUT2D eigenvalue weighted by Gasteiger charge is -2.04. The van der Waals surface area contributed by atoms with Crippen molar-refractivity contribution in [3.05, 3.63) is 59.6 Å². The van der Waals surface area contributed by atoms with Gasteiger partial charge in [0.05, 0.1) is 24.7 Å². The molecule has 0 aliphatic carbocycles. The Labute approximate surface area is 150 Å². The van der Waals surface area contributed by atoms with Crippen LogP contribution in [-0.4, -0.2) is 22.6 Å². The number of hydrogen-bond acceptors (Lipinski definition) is 4. The Balaban J connectivity index is 1.59. The van der Waals surface area contributed by atoms with Gasteiger partial charge in [-0.2, -0.15) is 0 Å². The second-order valence-corrected chi connectivity index (χ2v) is 6.18. The van der Waals surface area contributed by atoms with Crippen LogP contribution < -0.4 is 10.1 Å². The molecule has 0 bridgehead atoms. The molecule has 4 rings (SSSR count). The predicted molar refractivity (Wildman–Crippen MR) is 99.4 cm³/mol. The first-order valence-electron chi connectivity index (χ1n) is 8.34. The van der Waals surface area contributed by atoms with Crippen molar-refractivity contribution in [3.63, 3.8) is 0 Å². The monoisotopic (exact) mass is 349 g/mol. The highest BCUT2D eigenvalue weighted by atomic mass is 16.5. The van der Waals surface area contributed by atoms with E-state index in [0.29, 0.717) is 17.9 Å². The molecule has 4 aromatic rings. The van der Waals surface area contributed by atoms with Crippen LogP contribution in [0.4, 0.5) is 0 Å². The van der Waals surface area contributed by atoms with Gasteiger partial charge >= 0.3 is 0 Å². The van der Waals surface area contributed by atoms with Gasteiger partial charge in [0.2, 0.25) is 0 Å². The Morgan fingerprint density at radius 3 is 2.85 bits per heavy atom. The van der Waals surface area contributed by atoms with Crippen LogP contribution in [0.2, 0.25) is 0 Å². The van der Waals surface area contributed by atoms with E-state index in [1.807, 2.05) is 61.0 Å².